The van der Waals surface area contributed by atoms with E-state index in [0.717, 1.165) is 37.5 Å². The normalized spacial score (nSPS) is 25.9. The van der Waals surface area contributed by atoms with Crippen molar-refractivity contribution in [2.75, 3.05) is 11.9 Å². The van der Waals surface area contributed by atoms with Crippen LogP contribution in [-0.2, 0) is 10.3 Å². The summed E-state index contributed by atoms with van der Waals surface area (Å²) < 4.78 is 15.6. The number of carbonyl (C=O) groups excluding carboxylic acids is 1. The van der Waals surface area contributed by atoms with Crippen molar-refractivity contribution < 1.29 is 14.3 Å². The molecule has 1 amide bonds. The molecule has 1 aliphatic heterocycles. The summed E-state index contributed by atoms with van der Waals surface area (Å²) in [6.45, 7) is 6.54. The molecule has 2 saturated carbocycles. The fourth-order valence-corrected chi connectivity index (χ4v) is 5.28. The van der Waals surface area contributed by atoms with Crippen LogP contribution < -0.4 is 15.6 Å². The Hall–Kier alpha value is -3.20. The highest BCUT2D eigenvalue weighted by Crippen LogP contribution is 2.51. The van der Waals surface area contributed by atoms with Gasteiger partial charge < -0.3 is 19.4 Å². The van der Waals surface area contributed by atoms with E-state index in [1.54, 1.807) is 29.0 Å². The highest BCUT2D eigenvalue weighted by Gasteiger charge is 2.55. The predicted molar refractivity (Wildman–Crippen MR) is 126 cm³/mol. The van der Waals surface area contributed by atoms with E-state index in [9.17, 15) is 9.59 Å². The van der Waals surface area contributed by atoms with Gasteiger partial charge in [-0.05, 0) is 64.7 Å². The molecule has 3 aliphatic rings. The topological polar surface area (TPSA) is 100 Å². The summed E-state index contributed by atoms with van der Waals surface area (Å²) in [4.78, 5) is 30.7. The number of anilines is 1. The van der Waals surface area contributed by atoms with Crippen LogP contribution in [0.3, 0.4) is 0 Å². The third-order valence-electron chi connectivity index (χ3n) is 7.21. The summed E-state index contributed by atoms with van der Waals surface area (Å²) in [6, 6.07) is 5.39. The molecule has 34 heavy (non-hydrogen) atoms. The quantitative estimate of drug-likeness (QED) is 0.599. The third-order valence-corrected chi connectivity index (χ3v) is 7.21. The molecule has 1 N–H and O–H groups in total. The lowest BCUT2D eigenvalue weighted by molar-refractivity contribution is -0.0149. The van der Waals surface area contributed by atoms with Gasteiger partial charge in [-0.1, -0.05) is 0 Å². The molecular weight excluding hydrogens is 434 g/mol. The molecule has 2 bridgehead atoms. The molecule has 0 spiro atoms. The fourth-order valence-electron chi connectivity index (χ4n) is 5.28. The fraction of sp³-hybridized carbons (Fsp3) is 0.520. The van der Waals surface area contributed by atoms with E-state index >= 15 is 0 Å². The van der Waals surface area contributed by atoms with Crippen LogP contribution in [0.5, 0.6) is 5.88 Å². The van der Waals surface area contributed by atoms with Gasteiger partial charge in [-0.3, -0.25) is 14.3 Å². The maximum Gasteiger partial charge on any atom is 0.274 e. The SMILES string of the molecule is CC(C)Oc1nc2nn([C@]34CC[C@](C)(C3)OC4)cc2cc1C(=O)Nc1cccn(C2CC2)c1=O. The Kier molecular flexibility index (Phi) is 4.64. The Balaban J connectivity index is 1.37. The minimum absolute atomic E-state index is 0.0917. The van der Waals surface area contributed by atoms with E-state index in [0.29, 0.717) is 12.3 Å². The Morgan fingerprint density at radius 3 is 2.79 bits per heavy atom. The molecule has 0 aromatic carbocycles. The summed E-state index contributed by atoms with van der Waals surface area (Å²) >= 11 is 0. The lowest BCUT2D eigenvalue weighted by atomic mass is 9.99. The zero-order chi connectivity index (χ0) is 23.7. The van der Waals surface area contributed by atoms with Gasteiger partial charge in [0.2, 0.25) is 5.88 Å². The van der Waals surface area contributed by atoms with E-state index in [1.807, 2.05) is 24.7 Å². The van der Waals surface area contributed by atoms with Crippen molar-refractivity contribution in [3.63, 3.8) is 0 Å². The van der Waals surface area contributed by atoms with E-state index < -0.39 is 5.91 Å². The largest absolute Gasteiger partial charge is 0.474 e. The molecule has 1 saturated heterocycles. The molecule has 3 fully saturated rings. The van der Waals surface area contributed by atoms with Gasteiger partial charge in [-0.15, -0.1) is 0 Å². The first-order valence-electron chi connectivity index (χ1n) is 12.0. The van der Waals surface area contributed by atoms with Crippen molar-refractivity contribution in [3.8, 4) is 5.88 Å². The van der Waals surface area contributed by atoms with Crippen molar-refractivity contribution >= 4 is 22.6 Å². The highest BCUT2D eigenvalue weighted by atomic mass is 16.5. The molecule has 2 atom stereocenters. The molecule has 2 aliphatic carbocycles. The van der Waals surface area contributed by atoms with Gasteiger partial charge in [0.25, 0.3) is 11.5 Å². The number of carbonyl (C=O) groups is 1. The van der Waals surface area contributed by atoms with Crippen molar-refractivity contribution in [3.05, 3.63) is 46.5 Å². The molecule has 3 aromatic rings. The Morgan fingerprint density at radius 2 is 2.15 bits per heavy atom. The molecule has 3 aromatic heterocycles. The highest BCUT2D eigenvalue weighted by molar-refractivity contribution is 6.07. The minimum Gasteiger partial charge on any atom is -0.474 e. The second kappa shape index (κ2) is 7.40. The van der Waals surface area contributed by atoms with Crippen molar-refractivity contribution in [1.29, 1.82) is 0 Å². The molecule has 178 valence electrons. The lowest BCUT2D eigenvalue weighted by Crippen LogP contribution is -2.33. The number of fused-ring (bicyclic) bond motifs is 3. The number of nitrogens with one attached hydrogen (secondary N) is 1. The minimum atomic E-state index is -0.431. The van der Waals surface area contributed by atoms with Crippen molar-refractivity contribution in [2.45, 2.75) is 76.2 Å². The summed E-state index contributed by atoms with van der Waals surface area (Å²) in [5.74, 6) is -0.223. The number of aromatic nitrogens is 4. The standard InChI is InChI=1S/C25H29N5O4/c1-15(2)34-22-18(21(31)26-19-5-4-10-29(23(19)32)17-6-7-17)11-16-12-30(28-20(16)27-22)25-9-8-24(3,13-25)33-14-25/h4-5,10-12,15,17H,6-9,13-14H2,1-3H3,(H,26,31)/t24-,25-/m1/s1. The molecule has 4 heterocycles. The van der Waals surface area contributed by atoms with Crippen LogP contribution in [-0.4, -0.2) is 43.6 Å². The van der Waals surface area contributed by atoms with Gasteiger partial charge in [-0.25, -0.2) is 0 Å². The van der Waals surface area contributed by atoms with Gasteiger partial charge in [0, 0.05) is 30.2 Å². The average molecular weight is 464 g/mol. The van der Waals surface area contributed by atoms with Crippen LogP contribution >= 0.6 is 0 Å². The van der Waals surface area contributed by atoms with Gasteiger partial charge >= 0.3 is 0 Å². The molecule has 9 heteroatoms. The monoisotopic (exact) mass is 463 g/mol. The van der Waals surface area contributed by atoms with Crippen LogP contribution in [0, 0.1) is 0 Å². The first-order valence-corrected chi connectivity index (χ1v) is 12.0. The van der Waals surface area contributed by atoms with Gasteiger partial charge in [0.1, 0.15) is 11.3 Å². The van der Waals surface area contributed by atoms with Crippen molar-refractivity contribution in [1.82, 2.24) is 19.3 Å². The van der Waals surface area contributed by atoms with E-state index in [-0.39, 0.29) is 46.0 Å². The maximum atomic E-state index is 13.3. The number of ether oxygens (including phenoxy) is 2. The maximum absolute atomic E-state index is 13.3. The molecule has 0 radical (unpaired) electrons. The molecule has 0 unspecified atom stereocenters. The van der Waals surface area contributed by atoms with Gasteiger partial charge in [0.15, 0.2) is 5.65 Å². The lowest BCUT2D eigenvalue weighted by Gasteiger charge is -2.26. The van der Waals surface area contributed by atoms with Crippen LogP contribution in [0.25, 0.3) is 11.0 Å². The van der Waals surface area contributed by atoms with Gasteiger partial charge in [0.05, 0.1) is 23.9 Å². The van der Waals surface area contributed by atoms with E-state index in [2.05, 4.69) is 17.2 Å². The van der Waals surface area contributed by atoms with Crippen LogP contribution in [0.2, 0.25) is 0 Å². The second-order valence-corrected chi connectivity index (χ2v) is 10.5. The third kappa shape index (κ3) is 3.50. The van der Waals surface area contributed by atoms with E-state index in [1.165, 1.54) is 0 Å². The zero-order valence-electron chi connectivity index (χ0n) is 19.7. The van der Waals surface area contributed by atoms with E-state index in [4.69, 9.17) is 14.6 Å². The number of rotatable bonds is 6. The second-order valence-electron chi connectivity index (χ2n) is 10.5. The zero-order valence-corrected chi connectivity index (χ0v) is 19.7. The molecule has 6 rings (SSSR count). The Labute approximate surface area is 197 Å². The summed E-state index contributed by atoms with van der Waals surface area (Å²) in [5, 5.41) is 8.29. The van der Waals surface area contributed by atoms with Crippen molar-refractivity contribution in [2.24, 2.45) is 0 Å². The smallest absolute Gasteiger partial charge is 0.274 e. The number of pyridine rings is 2. The summed E-state index contributed by atoms with van der Waals surface area (Å²) in [7, 11) is 0. The van der Waals surface area contributed by atoms with Gasteiger partial charge in [-0.2, -0.15) is 10.1 Å². The molecule has 9 nitrogen and oxygen atoms in total. The molecular formula is C25H29N5O4. The Bertz CT molecular complexity index is 1350. The van der Waals surface area contributed by atoms with Crippen LogP contribution in [0.15, 0.2) is 35.4 Å². The number of amides is 1. The number of hydrogen-bond donors (Lipinski definition) is 1. The first-order chi connectivity index (χ1) is 16.3. The van der Waals surface area contributed by atoms with Crippen LogP contribution in [0.4, 0.5) is 5.69 Å². The predicted octanol–water partition coefficient (Wildman–Crippen LogP) is 3.64. The average Bonchev–Trinajstić information content (AvgIpc) is 3.32. The van der Waals surface area contributed by atoms with Crippen LogP contribution in [0.1, 0.15) is 69.3 Å². The summed E-state index contributed by atoms with van der Waals surface area (Å²) in [6.07, 6.45) is 8.42. The Morgan fingerprint density at radius 1 is 1.32 bits per heavy atom. The first kappa shape index (κ1) is 21.3. The number of nitrogens with zero attached hydrogens (tertiary/aromatic N) is 4. The number of hydrogen-bond acceptors (Lipinski definition) is 6. The summed E-state index contributed by atoms with van der Waals surface area (Å²) in [5.41, 5.74) is 0.589.